The van der Waals surface area contributed by atoms with Crippen LogP contribution >= 0.6 is 0 Å². The van der Waals surface area contributed by atoms with E-state index in [4.69, 9.17) is 5.73 Å². The van der Waals surface area contributed by atoms with Gasteiger partial charge in [0.05, 0.1) is 0 Å². The molecule has 0 bridgehead atoms. The maximum atomic E-state index is 11.7. The van der Waals surface area contributed by atoms with Crippen LogP contribution in [0.1, 0.15) is 45.4 Å². The average Bonchev–Trinajstić information content (AvgIpc) is 2.58. The lowest BCUT2D eigenvalue weighted by Gasteiger charge is -2.34. The molecule has 15 heavy (non-hydrogen) atoms. The van der Waals surface area contributed by atoms with Crippen LogP contribution in [0.25, 0.3) is 0 Å². The van der Waals surface area contributed by atoms with Gasteiger partial charge in [-0.3, -0.25) is 4.79 Å². The van der Waals surface area contributed by atoms with Crippen molar-refractivity contribution in [3.8, 4) is 0 Å². The van der Waals surface area contributed by atoms with Crippen molar-refractivity contribution in [2.45, 2.75) is 57.5 Å². The predicted molar refractivity (Wildman–Crippen MR) is 60.3 cm³/mol. The Balaban J connectivity index is 1.88. The molecule has 3 heteroatoms. The fraction of sp³-hybridized carbons (Fsp3) is 0.917. The quantitative estimate of drug-likeness (QED) is 0.751. The molecule has 1 aliphatic heterocycles. The van der Waals surface area contributed by atoms with Crippen LogP contribution < -0.4 is 5.73 Å². The molecule has 1 saturated heterocycles. The van der Waals surface area contributed by atoms with E-state index in [0.717, 1.165) is 12.5 Å². The minimum atomic E-state index is 0.0846. The third-order valence-corrected chi connectivity index (χ3v) is 4.02. The standard InChI is InChI=1S/C12H22N2O/c1-2-9-3-5-11(6-4-9)14-8-10(13)7-12(14)15/h9-11H,2-8,13H2,1H3. The van der Waals surface area contributed by atoms with Crippen molar-refractivity contribution in [2.75, 3.05) is 6.54 Å². The zero-order valence-corrected chi connectivity index (χ0v) is 9.61. The third kappa shape index (κ3) is 2.33. The Kier molecular flexibility index (Phi) is 3.29. The van der Waals surface area contributed by atoms with Gasteiger partial charge in [0.2, 0.25) is 5.91 Å². The van der Waals surface area contributed by atoms with E-state index in [1.807, 2.05) is 4.90 Å². The van der Waals surface area contributed by atoms with E-state index >= 15 is 0 Å². The minimum Gasteiger partial charge on any atom is -0.338 e. The first-order valence-electron chi connectivity index (χ1n) is 6.25. The summed E-state index contributed by atoms with van der Waals surface area (Å²) >= 11 is 0. The topological polar surface area (TPSA) is 46.3 Å². The van der Waals surface area contributed by atoms with Gasteiger partial charge in [0, 0.05) is 25.0 Å². The fourth-order valence-electron chi connectivity index (χ4n) is 2.98. The Morgan fingerprint density at radius 1 is 1.33 bits per heavy atom. The Morgan fingerprint density at radius 2 is 2.00 bits per heavy atom. The normalized spacial score (nSPS) is 37.3. The number of likely N-dealkylation sites (tertiary alicyclic amines) is 1. The Hall–Kier alpha value is -0.570. The van der Waals surface area contributed by atoms with Crippen LogP contribution in [0.15, 0.2) is 0 Å². The van der Waals surface area contributed by atoms with Gasteiger partial charge in [0.25, 0.3) is 0 Å². The first-order valence-corrected chi connectivity index (χ1v) is 6.25. The molecule has 1 heterocycles. The predicted octanol–water partition coefficient (Wildman–Crippen LogP) is 1.51. The molecule has 1 saturated carbocycles. The second kappa shape index (κ2) is 4.52. The van der Waals surface area contributed by atoms with Gasteiger partial charge in [-0.2, -0.15) is 0 Å². The smallest absolute Gasteiger partial charge is 0.224 e. The highest BCUT2D eigenvalue weighted by atomic mass is 16.2. The molecular weight excluding hydrogens is 188 g/mol. The lowest BCUT2D eigenvalue weighted by Crippen LogP contribution is -2.40. The Bertz CT molecular complexity index is 234. The van der Waals surface area contributed by atoms with E-state index in [2.05, 4.69) is 6.92 Å². The van der Waals surface area contributed by atoms with Gasteiger partial charge < -0.3 is 10.6 Å². The Morgan fingerprint density at radius 3 is 2.47 bits per heavy atom. The van der Waals surface area contributed by atoms with E-state index in [9.17, 15) is 4.79 Å². The van der Waals surface area contributed by atoms with Gasteiger partial charge in [-0.05, 0) is 31.6 Å². The number of nitrogens with two attached hydrogens (primary N) is 1. The minimum absolute atomic E-state index is 0.0846. The average molecular weight is 210 g/mol. The van der Waals surface area contributed by atoms with Crippen molar-refractivity contribution in [3.05, 3.63) is 0 Å². The SMILES string of the molecule is CCC1CCC(N2CC(N)CC2=O)CC1. The summed E-state index contributed by atoms with van der Waals surface area (Å²) in [5.74, 6) is 1.18. The first kappa shape index (κ1) is 10.9. The van der Waals surface area contributed by atoms with E-state index < -0.39 is 0 Å². The number of nitrogens with zero attached hydrogens (tertiary/aromatic N) is 1. The summed E-state index contributed by atoms with van der Waals surface area (Å²) in [6, 6.07) is 0.579. The van der Waals surface area contributed by atoms with Crippen molar-refractivity contribution in [1.82, 2.24) is 4.90 Å². The number of amides is 1. The number of hydrogen-bond donors (Lipinski definition) is 1. The molecule has 1 aliphatic carbocycles. The van der Waals surface area contributed by atoms with Crippen LogP contribution in [0, 0.1) is 5.92 Å². The monoisotopic (exact) mass is 210 g/mol. The molecule has 86 valence electrons. The second-order valence-corrected chi connectivity index (χ2v) is 5.09. The summed E-state index contributed by atoms with van der Waals surface area (Å²) in [6.07, 6.45) is 6.82. The molecule has 2 fully saturated rings. The van der Waals surface area contributed by atoms with Crippen molar-refractivity contribution in [3.63, 3.8) is 0 Å². The molecule has 0 spiro atoms. The molecule has 0 aromatic heterocycles. The van der Waals surface area contributed by atoms with Crippen molar-refractivity contribution in [1.29, 1.82) is 0 Å². The molecule has 0 aromatic carbocycles. The highest BCUT2D eigenvalue weighted by molar-refractivity contribution is 5.79. The van der Waals surface area contributed by atoms with E-state index in [1.165, 1.54) is 32.1 Å². The molecule has 2 rings (SSSR count). The summed E-state index contributed by atoms with van der Waals surface area (Å²) in [4.78, 5) is 13.7. The molecule has 3 nitrogen and oxygen atoms in total. The van der Waals surface area contributed by atoms with Crippen molar-refractivity contribution < 1.29 is 4.79 Å². The van der Waals surface area contributed by atoms with E-state index in [0.29, 0.717) is 12.5 Å². The lowest BCUT2D eigenvalue weighted by molar-refractivity contribution is -0.130. The molecular formula is C12H22N2O. The lowest BCUT2D eigenvalue weighted by atomic mass is 9.84. The number of rotatable bonds is 2. The van der Waals surface area contributed by atoms with Gasteiger partial charge in [-0.15, -0.1) is 0 Å². The summed E-state index contributed by atoms with van der Waals surface area (Å²) in [7, 11) is 0. The van der Waals surface area contributed by atoms with Gasteiger partial charge in [-0.25, -0.2) is 0 Å². The summed E-state index contributed by atoms with van der Waals surface area (Å²) < 4.78 is 0. The molecule has 0 aromatic rings. The summed E-state index contributed by atoms with van der Waals surface area (Å²) in [5, 5.41) is 0. The van der Waals surface area contributed by atoms with Crippen molar-refractivity contribution >= 4 is 5.91 Å². The zero-order valence-electron chi connectivity index (χ0n) is 9.61. The van der Waals surface area contributed by atoms with Crippen LogP contribution in [-0.4, -0.2) is 29.4 Å². The van der Waals surface area contributed by atoms with Crippen molar-refractivity contribution in [2.24, 2.45) is 11.7 Å². The van der Waals surface area contributed by atoms with E-state index in [-0.39, 0.29) is 11.9 Å². The van der Waals surface area contributed by atoms with Gasteiger partial charge in [-0.1, -0.05) is 13.3 Å². The highest BCUT2D eigenvalue weighted by Gasteiger charge is 2.34. The zero-order chi connectivity index (χ0) is 10.8. The third-order valence-electron chi connectivity index (χ3n) is 4.02. The number of carbonyl (C=O) groups excluding carboxylic acids is 1. The number of hydrogen-bond acceptors (Lipinski definition) is 2. The molecule has 1 amide bonds. The molecule has 2 N–H and O–H groups in total. The summed E-state index contributed by atoms with van der Waals surface area (Å²) in [5.41, 5.74) is 5.81. The second-order valence-electron chi connectivity index (χ2n) is 5.09. The Labute approximate surface area is 92.0 Å². The largest absolute Gasteiger partial charge is 0.338 e. The first-order chi connectivity index (χ1) is 7.20. The van der Waals surface area contributed by atoms with Crippen LogP contribution in [-0.2, 0) is 4.79 Å². The fourth-order valence-corrected chi connectivity index (χ4v) is 2.98. The molecule has 0 radical (unpaired) electrons. The van der Waals surface area contributed by atoms with Crippen LogP contribution in [0.5, 0.6) is 0 Å². The molecule has 2 aliphatic rings. The number of carbonyl (C=O) groups is 1. The highest BCUT2D eigenvalue weighted by Crippen LogP contribution is 2.31. The van der Waals surface area contributed by atoms with Crippen LogP contribution in [0.2, 0.25) is 0 Å². The van der Waals surface area contributed by atoms with Gasteiger partial charge >= 0.3 is 0 Å². The van der Waals surface area contributed by atoms with Gasteiger partial charge in [0.15, 0.2) is 0 Å². The maximum Gasteiger partial charge on any atom is 0.224 e. The van der Waals surface area contributed by atoms with Gasteiger partial charge in [0.1, 0.15) is 0 Å². The van der Waals surface area contributed by atoms with E-state index in [1.54, 1.807) is 0 Å². The van der Waals surface area contributed by atoms with Crippen LogP contribution in [0.3, 0.4) is 0 Å². The van der Waals surface area contributed by atoms with Crippen LogP contribution in [0.4, 0.5) is 0 Å². The summed E-state index contributed by atoms with van der Waals surface area (Å²) in [6.45, 7) is 3.06. The maximum absolute atomic E-state index is 11.7. The molecule has 1 atom stereocenters. The molecule has 1 unspecified atom stereocenters.